The summed E-state index contributed by atoms with van der Waals surface area (Å²) in [6.07, 6.45) is -3.83. The molecule has 1 aliphatic heterocycles. The van der Waals surface area contributed by atoms with Crippen LogP contribution in [0.15, 0.2) is 0 Å². The molecule has 2 amide bonds. The van der Waals surface area contributed by atoms with E-state index in [1.165, 1.54) is 0 Å². The first-order valence-corrected chi connectivity index (χ1v) is 7.31. The van der Waals surface area contributed by atoms with Crippen LogP contribution in [0.1, 0.15) is 27.2 Å². The maximum Gasteiger partial charge on any atom is 0.394 e. The van der Waals surface area contributed by atoms with Gasteiger partial charge in [0.15, 0.2) is 0 Å². The second-order valence-electron chi connectivity index (χ2n) is 6.86. The molecule has 0 spiro atoms. The Balaban J connectivity index is 1.99. The third kappa shape index (κ3) is 3.01. The summed E-state index contributed by atoms with van der Waals surface area (Å²) in [6.45, 7) is 5.07. The van der Waals surface area contributed by atoms with Crippen molar-refractivity contribution >= 4 is 12.0 Å². The molecule has 1 heterocycles. The van der Waals surface area contributed by atoms with E-state index >= 15 is 0 Å². The van der Waals surface area contributed by atoms with Crippen LogP contribution in [-0.4, -0.2) is 47.3 Å². The molecular formula is C14H21F3N2O3. The third-order valence-electron chi connectivity index (χ3n) is 5.24. The first-order valence-electron chi connectivity index (χ1n) is 7.31. The van der Waals surface area contributed by atoms with Gasteiger partial charge in [0.1, 0.15) is 0 Å². The van der Waals surface area contributed by atoms with E-state index in [0.29, 0.717) is 5.92 Å². The quantitative estimate of drug-likeness (QED) is 0.838. The van der Waals surface area contributed by atoms with Gasteiger partial charge in [-0.05, 0) is 17.8 Å². The summed E-state index contributed by atoms with van der Waals surface area (Å²) in [4.78, 5) is 24.1. The number of nitrogens with zero attached hydrogens (tertiary/aromatic N) is 1. The normalized spacial score (nSPS) is 34.9. The summed E-state index contributed by atoms with van der Waals surface area (Å²) in [6, 6.07) is -0.666. The van der Waals surface area contributed by atoms with Crippen molar-refractivity contribution < 1.29 is 27.9 Å². The van der Waals surface area contributed by atoms with E-state index in [1.807, 2.05) is 20.8 Å². The van der Waals surface area contributed by atoms with Crippen LogP contribution < -0.4 is 5.32 Å². The minimum absolute atomic E-state index is 0.0367. The van der Waals surface area contributed by atoms with Crippen LogP contribution in [0.3, 0.4) is 0 Å². The fourth-order valence-corrected chi connectivity index (χ4v) is 3.03. The number of rotatable bonds is 3. The second kappa shape index (κ2) is 5.31. The number of nitrogens with one attached hydrogen (secondary N) is 1. The largest absolute Gasteiger partial charge is 0.481 e. The topological polar surface area (TPSA) is 69.6 Å². The lowest BCUT2D eigenvalue weighted by Crippen LogP contribution is -2.42. The standard InChI is InChI=1S/C14H21F3N2O3/c1-7(2)13(3)4-10(13)18-12(22)19-5-8(11(20)21)9(6-19)14(15,16)17/h7-10H,4-6H2,1-3H3,(H,18,22)(H,20,21)/t8-,9-,10?,13?/m1/s1. The fourth-order valence-electron chi connectivity index (χ4n) is 3.03. The summed E-state index contributed by atoms with van der Waals surface area (Å²) in [5.41, 5.74) is -0.0367. The highest BCUT2D eigenvalue weighted by Crippen LogP contribution is 2.51. The molecule has 0 radical (unpaired) electrons. The maximum absolute atomic E-state index is 12.9. The molecule has 2 N–H and O–H groups in total. The smallest absolute Gasteiger partial charge is 0.394 e. The Morgan fingerprint density at radius 1 is 1.32 bits per heavy atom. The van der Waals surface area contributed by atoms with Gasteiger partial charge in [0.05, 0.1) is 11.8 Å². The monoisotopic (exact) mass is 322 g/mol. The highest BCUT2D eigenvalue weighted by molar-refractivity contribution is 5.78. The number of aliphatic carboxylic acids is 1. The van der Waals surface area contributed by atoms with Gasteiger partial charge in [-0.15, -0.1) is 0 Å². The predicted molar refractivity (Wildman–Crippen MR) is 72.1 cm³/mol. The highest BCUT2D eigenvalue weighted by atomic mass is 19.4. The zero-order valence-corrected chi connectivity index (χ0v) is 12.8. The van der Waals surface area contributed by atoms with E-state index in [1.54, 1.807) is 0 Å². The summed E-state index contributed by atoms with van der Waals surface area (Å²) in [5.74, 6) is -4.77. The van der Waals surface area contributed by atoms with Crippen LogP contribution in [0, 0.1) is 23.2 Å². The van der Waals surface area contributed by atoms with Gasteiger partial charge < -0.3 is 15.3 Å². The van der Waals surface area contributed by atoms with Crippen molar-refractivity contribution in [2.75, 3.05) is 13.1 Å². The first kappa shape index (κ1) is 16.9. The van der Waals surface area contributed by atoms with E-state index in [-0.39, 0.29) is 11.5 Å². The SMILES string of the molecule is CC(C)C1(C)CC1NC(=O)N1C[C@@H](C(F)(F)F)[C@H](C(=O)O)C1. The van der Waals surface area contributed by atoms with Crippen LogP contribution in [0.2, 0.25) is 0 Å². The average molecular weight is 322 g/mol. The lowest BCUT2D eigenvalue weighted by atomic mass is 9.94. The molecule has 2 rings (SSSR count). The molecule has 22 heavy (non-hydrogen) atoms. The molecule has 0 aromatic rings. The lowest BCUT2D eigenvalue weighted by Gasteiger charge is -2.21. The van der Waals surface area contributed by atoms with Crippen LogP contribution in [-0.2, 0) is 4.79 Å². The molecule has 4 atom stereocenters. The molecule has 2 unspecified atom stereocenters. The molecule has 1 aliphatic carbocycles. The van der Waals surface area contributed by atoms with Gasteiger partial charge in [0.25, 0.3) is 0 Å². The Bertz CT molecular complexity index is 480. The number of carbonyl (C=O) groups is 2. The van der Waals surface area contributed by atoms with Crippen LogP contribution in [0.5, 0.6) is 0 Å². The molecule has 8 heteroatoms. The summed E-state index contributed by atoms with van der Waals surface area (Å²) >= 11 is 0. The molecule has 2 fully saturated rings. The van der Waals surface area contributed by atoms with Crippen molar-refractivity contribution in [2.24, 2.45) is 23.2 Å². The van der Waals surface area contributed by atoms with Crippen LogP contribution >= 0.6 is 0 Å². The van der Waals surface area contributed by atoms with Crippen molar-refractivity contribution in [1.29, 1.82) is 0 Å². The lowest BCUT2D eigenvalue weighted by molar-refractivity contribution is -0.187. The average Bonchev–Trinajstić information content (AvgIpc) is 2.87. The number of alkyl halides is 3. The number of hydrogen-bond acceptors (Lipinski definition) is 2. The molecule has 0 aromatic heterocycles. The van der Waals surface area contributed by atoms with Gasteiger partial charge in [-0.2, -0.15) is 13.2 Å². The Morgan fingerprint density at radius 3 is 2.27 bits per heavy atom. The van der Waals surface area contributed by atoms with Gasteiger partial charge in [-0.3, -0.25) is 4.79 Å². The fraction of sp³-hybridized carbons (Fsp3) is 0.857. The molecule has 5 nitrogen and oxygen atoms in total. The van der Waals surface area contributed by atoms with Crippen molar-refractivity contribution in [3.63, 3.8) is 0 Å². The summed E-state index contributed by atoms with van der Waals surface area (Å²) in [7, 11) is 0. The van der Waals surface area contributed by atoms with Crippen LogP contribution in [0.4, 0.5) is 18.0 Å². The number of hydrogen-bond donors (Lipinski definition) is 2. The van der Waals surface area contributed by atoms with E-state index in [0.717, 1.165) is 11.3 Å². The Kier molecular flexibility index (Phi) is 4.08. The minimum atomic E-state index is -4.62. The number of carboxylic acid groups (broad SMARTS) is 1. The summed E-state index contributed by atoms with van der Waals surface area (Å²) < 4.78 is 38.7. The van der Waals surface area contributed by atoms with E-state index in [4.69, 9.17) is 5.11 Å². The van der Waals surface area contributed by atoms with Crippen molar-refractivity contribution in [1.82, 2.24) is 10.2 Å². The van der Waals surface area contributed by atoms with Gasteiger partial charge >= 0.3 is 18.2 Å². The Hall–Kier alpha value is -1.47. The van der Waals surface area contributed by atoms with Crippen molar-refractivity contribution in [3.05, 3.63) is 0 Å². The van der Waals surface area contributed by atoms with Gasteiger partial charge in [-0.25, -0.2) is 4.79 Å². The maximum atomic E-state index is 12.9. The Labute approximate surface area is 126 Å². The molecule has 126 valence electrons. The second-order valence-corrected chi connectivity index (χ2v) is 6.86. The van der Waals surface area contributed by atoms with E-state index < -0.39 is 43.1 Å². The predicted octanol–water partition coefficient (Wildman–Crippen LogP) is 2.33. The number of carboxylic acids is 1. The molecule has 2 aliphatic rings. The van der Waals surface area contributed by atoms with Crippen molar-refractivity contribution in [2.45, 2.75) is 39.4 Å². The minimum Gasteiger partial charge on any atom is -0.481 e. The summed E-state index contributed by atoms with van der Waals surface area (Å²) in [5, 5.41) is 11.7. The van der Waals surface area contributed by atoms with Crippen molar-refractivity contribution in [3.8, 4) is 0 Å². The molecule has 1 saturated carbocycles. The zero-order valence-electron chi connectivity index (χ0n) is 12.8. The number of halogens is 3. The van der Waals surface area contributed by atoms with E-state index in [9.17, 15) is 22.8 Å². The highest BCUT2D eigenvalue weighted by Gasteiger charge is 2.56. The zero-order chi connectivity index (χ0) is 16.9. The molecule has 1 saturated heterocycles. The number of likely N-dealkylation sites (tertiary alicyclic amines) is 1. The van der Waals surface area contributed by atoms with Crippen LogP contribution in [0.25, 0.3) is 0 Å². The number of urea groups is 1. The van der Waals surface area contributed by atoms with Gasteiger partial charge in [0.2, 0.25) is 0 Å². The third-order valence-corrected chi connectivity index (χ3v) is 5.24. The Morgan fingerprint density at radius 2 is 1.91 bits per heavy atom. The van der Waals surface area contributed by atoms with E-state index in [2.05, 4.69) is 5.32 Å². The number of carbonyl (C=O) groups excluding carboxylic acids is 1. The molecular weight excluding hydrogens is 301 g/mol. The number of amides is 2. The van der Waals surface area contributed by atoms with Gasteiger partial charge in [-0.1, -0.05) is 20.8 Å². The first-order chi connectivity index (χ1) is 9.96. The molecule has 0 bridgehead atoms. The molecule has 0 aromatic carbocycles. The van der Waals surface area contributed by atoms with Gasteiger partial charge in [0, 0.05) is 19.1 Å².